The van der Waals surface area contributed by atoms with Crippen molar-refractivity contribution in [1.29, 1.82) is 0 Å². The van der Waals surface area contributed by atoms with E-state index in [2.05, 4.69) is 21.8 Å². The Bertz CT molecular complexity index is 198. The minimum absolute atomic E-state index is 0.496. The lowest BCUT2D eigenvalue weighted by Crippen LogP contribution is -1.75. The van der Waals surface area contributed by atoms with E-state index >= 15 is 0 Å². The predicted octanol–water partition coefficient (Wildman–Crippen LogP) is 1.21. The molecule has 3 nitrogen and oxygen atoms in total. The van der Waals surface area contributed by atoms with Gasteiger partial charge in [0, 0.05) is 6.92 Å². The van der Waals surface area contributed by atoms with Crippen molar-refractivity contribution >= 4 is 21.6 Å². The van der Waals surface area contributed by atoms with Gasteiger partial charge in [-0.25, -0.2) is 0 Å². The van der Waals surface area contributed by atoms with Crippen molar-refractivity contribution in [2.45, 2.75) is 12.1 Å². The van der Waals surface area contributed by atoms with Gasteiger partial charge < -0.3 is 4.52 Å². The fraction of sp³-hybridized carbons (Fsp3) is 0.500. The molecule has 0 amide bonds. The Labute approximate surface area is 61.0 Å². The topological polar surface area (TPSA) is 38.9 Å². The van der Waals surface area contributed by atoms with Gasteiger partial charge in [-0.05, 0) is 6.26 Å². The molecule has 5 heteroatoms. The van der Waals surface area contributed by atoms with E-state index in [-0.39, 0.29) is 0 Å². The van der Waals surface area contributed by atoms with Gasteiger partial charge >= 0.3 is 0 Å². The molecule has 0 fully saturated rings. The summed E-state index contributed by atoms with van der Waals surface area (Å²) in [5.41, 5.74) is 0. The van der Waals surface area contributed by atoms with Gasteiger partial charge in [0.25, 0.3) is 0 Å². The Hall–Kier alpha value is -0.160. The van der Waals surface area contributed by atoms with Gasteiger partial charge in [0.1, 0.15) is 0 Å². The maximum absolute atomic E-state index is 4.73. The molecule has 1 heterocycles. The van der Waals surface area contributed by atoms with Gasteiger partial charge in [0.2, 0.25) is 11.0 Å². The van der Waals surface area contributed by atoms with Crippen LogP contribution in [-0.2, 0) is 0 Å². The van der Waals surface area contributed by atoms with Crippen molar-refractivity contribution < 1.29 is 4.52 Å². The highest BCUT2D eigenvalue weighted by Crippen LogP contribution is 2.32. The van der Waals surface area contributed by atoms with Gasteiger partial charge in [-0.15, -0.1) is 21.6 Å². The van der Waals surface area contributed by atoms with E-state index in [0.29, 0.717) is 11.0 Å². The Morgan fingerprint density at radius 3 is 2.56 bits per heavy atom. The van der Waals surface area contributed by atoms with Crippen molar-refractivity contribution in [2.24, 2.45) is 0 Å². The van der Waals surface area contributed by atoms with Gasteiger partial charge in [0.15, 0.2) is 0 Å². The number of nitrogens with zero attached hydrogens (tertiary/aromatic N) is 2. The minimum Gasteiger partial charge on any atom is -0.339 e. The third kappa shape index (κ3) is 1.62. The van der Waals surface area contributed by atoms with Crippen LogP contribution in [0.2, 0.25) is 0 Å². The lowest BCUT2D eigenvalue weighted by molar-refractivity contribution is 0.381. The van der Waals surface area contributed by atoms with Crippen LogP contribution in [0, 0.1) is 6.92 Å². The summed E-state index contributed by atoms with van der Waals surface area (Å²) in [5.74, 6) is 0.605. The lowest BCUT2D eigenvalue weighted by atomic mass is 10.8. The molecular weight excluding hydrogens is 156 g/mol. The SMILES string of the molecule is Cc1nc([SH](C)S)no1. The Balaban J connectivity index is 2.85. The average Bonchev–Trinajstić information content (AvgIpc) is 2.14. The maximum atomic E-state index is 4.73. The lowest BCUT2D eigenvalue weighted by Gasteiger charge is -1.96. The standard InChI is InChI=1S/C4H8N2OS2/c1-3-5-4(6-7-3)9(2)8/h8-9H,1-2H3. The molecule has 52 valence electrons. The highest BCUT2D eigenvalue weighted by molar-refractivity contribution is 8.77. The summed E-state index contributed by atoms with van der Waals surface area (Å²) in [6.07, 6.45) is 1.96. The first-order valence-electron chi connectivity index (χ1n) is 2.43. The highest BCUT2D eigenvalue weighted by atomic mass is 33.1. The smallest absolute Gasteiger partial charge is 0.224 e. The molecule has 0 N–H and O–H groups in total. The second kappa shape index (κ2) is 2.62. The molecule has 0 aliphatic rings. The van der Waals surface area contributed by atoms with Crippen LogP contribution in [0.5, 0.6) is 0 Å². The molecule has 1 unspecified atom stereocenters. The van der Waals surface area contributed by atoms with E-state index in [1.54, 1.807) is 6.92 Å². The monoisotopic (exact) mass is 164 g/mol. The molecule has 1 aromatic heterocycles. The number of rotatable bonds is 1. The highest BCUT2D eigenvalue weighted by Gasteiger charge is 2.02. The fourth-order valence-corrected chi connectivity index (χ4v) is 1.11. The molecule has 0 radical (unpaired) electrons. The second-order valence-electron chi connectivity index (χ2n) is 1.64. The second-order valence-corrected chi connectivity index (χ2v) is 4.88. The van der Waals surface area contributed by atoms with Crippen LogP contribution in [0.1, 0.15) is 5.89 Å². The molecule has 9 heavy (non-hydrogen) atoms. The quantitative estimate of drug-likeness (QED) is 0.484. The van der Waals surface area contributed by atoms with E-state index in [0.717, 1.165) is 0 Å². The molecule has 1 aromatic rings. The molecule has 1 rings (SSSR count). The van der Waals surface area contributed by atoms with Crippen LogP contribution in [0.25, 0.3) is 0 Å². The van der Waals surface area contributed by atoms with E-state index in [1.165, 1.54) is 0 Å². The summed E-state index contributed by atoms with van der Waals surface area (Å²) in [6.45, 7) is 1.77. The van der Waals surface area contributed by atoms with Gasteiger partial charge in [0.05, 0.1) is 0 Å². The fourth-order valence-electron chi connectivity index (χ4n) is 0.420. The minimum atomic E-state index is -0.496. The van der Waals surface area contributed by atoms with Crippen LogP contribution in [0.3, 0.4) is 0 Å². The molecule has 0 aromatic carbocycles. The average molecular weight is 164 g/mol. The Morgan fingerprint density at radius 1 is 1.67 bits per heavy atom. The van der Waals surface area contributed by atoms with Gasteiger partial charge in [-0.2, -0.15) is 4.98 Å². The van der Waals surface area contributed by atoms with Gasteiger partial charge in [-0.1, -0.05) is 5.16 Å². The Kier molecular flexibility index (Phi) is 2.02. The summed E-state index contributed by atoms with van der Waals surface area (Å²) in [4.78, 5) is 3.98. The molecule has 1 atom stereocenters. The summed E-state index contributed by atoms with van der Waals surface area (Å²) < 4.78 is 4.73. The van der Waals surface area contributed by atoms with Crippen molar-refractivity contribution in [3.63, 3.8) is 0 Å². The van der Waals surface area contributed by atoms with Crippen LogP contribution in [0.15, 0.2) is 9.68 Å². The summed E-state index contributed by atoms with van der Waals surface area (Å²) >= 11 is 4.18. The first-order valence-corrected chi connectivity index (χ1v) is 5.37. The van der Waals surface area contributed by atoms with Crippen molar-refractivity contribution in [2.75, 3.05) is 6.26 Å². The number of aryl methyl sites for hydroxylation is 1. The first kappa shape index (κ1) is 6.95. The third-order valence-corrected chi connectivity index (χ3v) is 2.10. The number of thiol groups is 2. The van der Waals surface area contributed by atoms with Crippen LogP contribution in [-0.4, -0.2) is 16.4 Å². The third-order valence-electron chi connectivity index (χ3n) is 0.806. The first-order chi connectivity index (χ1) is 4.20. The summed E-state index contributed by atoms with van der Waals surface area (Å²) in [7, 11) is -0.496. The number of hydrogen-bond acceptors (Lipinski definition) is 4. The zero-order valence-electron chi connectivity index (χ0n) is 5.20. The maximum Gasteiger partial charge on any atom is 0.224 e. The van der Waals surface area contributed by atoms with E-state index in [9.17, 15) is 0 Å². The van der Waals surface area contributed by atoms with E-state index < -0.39 is 9.93 Å². The summed E-state index contributed by atoms with van der Waals surface area (Å²) in [6, 6.07) is 0. The van der Waals surface area contributed by atoms with E-state index in [4.69, 9.17) is 4.52 Å². The van der Waals surface area contributed by atoms with Crippen LogP contribution < -0.4 is 0 Å². The van der Waals surface area contributed by atoms with Crippen molar-refractivity contribution in [3.05, 3.63) is 5.89 Å². The molecule has 0 aliphatic carbocycles. The number of aromatic nitrogens is 2. The zero-order valence-corrected chi connectivity index (χ0v) is 6.99. The molecule has 0 bridgehead atoms. The molecular formula is C4H8N2OS2. The van der Waals surface area contributed by atoms with E-state index in [1.807, 2.05) is 6.26 Å². The number of hydrogen-bond donors (Lipinski definition) is 2. The van der Waals surface area contributed by atoms with Crippen LogP contribution >= 0.6 is 21.6 Å². The molecule has 0 saturated carbocycles. The zero-order chi connectivity index (χ0) is 6.85. The van der Waals surface area contributed by atoms with Crippen LogP contribution in [0.4, 0.5) is 0 Å². The van der Waals surface area contributed by atoms with Gasteiger partial charge in [-0.3, -0.25) is 0 Å². The largest absolute Gasteiger partial charge is 0.339 e. The predicted molar refractivity (Wildman–Crippen MR) is 41.2 cm³/mol. The Morgan fingerprint density at radius 2 is 2.33 bits per heavy atom. The summed E-state index contributed by atoms with van der Waals surface area (Å²) in [5, 5.41) is 4.40. The molecule has 0 aliphatic heterocycles. The normalized spacial score (nSPS) is 15.7. The molecule has 0 spiro atoms. The molecule has 0 saturated heterocycles. The van der Waals surface area contributed by atoms with Crippen molar-refractivity contribution in [3.8, 4) is 0 Å². The van der Waals surface area contributed by atoms with Crippen molar-refractivity contribution in [1.82, 2.24) is 10.1 Å².